The number of para-hydroxylation sites is 2. The summed E-state index contributed by atoms with van der Waals surface area (Å²) in [6, 6.07) is 9.43. The molecule has 0 spiro atoms. The van der Waals surface area contributed by atoms with Gasteiger partial charge in [-0.25, -0.2) is 9.18 Å². The predicted octanol–water partition coefficient (Wildman–Crippen LogP) is 2.06. The van der Waals surface area contributed by atoms with Crippen molar-refractivity contribution < 1.29 is 33.1 Å². The normalized spacial score (nSPS) is 14.9. The quantitative estimate of drug-likeness (QED) is 0.482. The molecule has 1 heterocycles. The third-order valence-electron chi connectivity index (χ3n) is 3.55. The summed E-state index contributed by atoms with van der Waals surface area (Å²) in [7, 11) is 0. The Hall–Kier alpha value is -3.69. The molecule has 1 aliphatic rings. The van der Waals surface area contributed by atoms with E-state index in [1.54, 1.807) is 24.3 Å². The first-order chi connectivity index (χ1) is 12.9. The molecule has 1 amide bonds. The number of halogens is 1. The zero-order chi connectivity index (χ0) is 19.4. The number of carbonyl (C=O) groups is 2. The summed E-state index contributed by atoms with van der Waals surface area (Å²) in [5.41, 5.74) is -0.830. The molecular weight excluding hydrogens is 363 g/mol. The number of benzene rings is 2. The lowest BCUT2D eigenvalue weighted by molar-refractivity contribution is -0.384. The van der Waals surface area contributed by atoms with Crippen LogP contribution in [-0.4, -0.2) is 36.1 Å². The average Bonchev–Trinajstić information content (AvgIpc) is 2.67. The summed E-state index contributed by atoms with van der Waals surface area (Å²) in [5.74, 6) is -1.61. The molecule has 9 nitrogen and oxygen atoms in total. The third-order valence-corrected chi connectivity index (χ3v) is 3.55. The highest BCUT2D eigenvalue weighted by molar-refractivity contribution is 5.95. The number of ether oxygens (including phenoxy) is 3. The lowest BCUT2D eigenvalue weighted by Crippen LogP contribution is -2.39. The first-order valence-corrected chi connectivity index (χ1v) is 7.73. The molecular formula is C17H13FN2O7. The summed E-state index contributed by atoms with van der Waals surface area (Å²) >= 11 is 0. The Morgan fingerprint density at radius 1 is 1.26 bits per heavy atom. The van der Waals surface area contributed by atoms with Gasteiger partial charge in [0.2, 0.25) is 6.10 Å². The van der Waals surface area contributed by atoms with Crippen molar-refractivity contribution in [3.05, 3.63) is 58.4 Å². The van der Waals surface area contributed by atoms with Gasteiger partial charge in [-0.15, -0.1) is 0 Å². The summed E-state index contributed by atoms with van der Waals surface area (Å²) in [5, 5.41) is 13.1. The van der Waals surface area contributed by atoms with Gasteiger partial charge >= 0.3 is 5.97 Å². The zero-order valence-corrected chi connectivity index (χ0v) is 13.7. The van der Waals surface area contributed by atoms with E-state index in [-0.39, 0.29) is 12.3 Å². The molecule has 2 aromatic carbocycles. The highest BCUT2D eigenvalue weighted by Gasteiger charge is 2.29. The second-order valence-electron chi connectivity index (χ2n) is 5.44. The maximum atomic E-state index is 13.1. The van der Waals surface area contributed by atoms with Crippen LogP contribution < -0.4 is 14.8 Å². The van der Waals surface area contributed by atoms with Crippen LogP contribution in [0.3, 0.4) is 0 Å². The van der Waals surface area contributed by atoms with Gasteiger partial charge in [-0.1, -0.05) is 12.1 Å². The van der Waals surface area contributed by atoms with Crippen LogP contribution in [-0.2, 0) is 14.3 Å². The van der Waals surface area contributed by atoms with Crippen LogP contribution in [0, 0.1) is 15.9 Å². The van der Waals surface area contributed by atoms with E-state index in [1.165, 1.54) is 0 Å². The molecule has 0 bridgehead atoms. The molecule has 1 atom stereocenters. The summed E-state index contributed by atoms with van der Waals surface area (Å²) < 4.78 is 28.8. The number of fused-ring (bicyclic) bond motifs is 1. The van der Waals surface area contributed by atoms with E-state index >= 15 is 0 Å². The second kappa shape index (κ2) is 7.68. The number of nitro benzene ring substituents is 1. The third kappa shape index (κ3) is 4.29. The molecule has 1 N–H and O–H groups in total. The zero-order valence-electron chi connectivity index (χ0n) is 13.7. The fourth-order valence-electron chi connectivity index (χ4n) is 2.31. The van der Waals surface area contributed by atoms with Crippen molar-refractivity contribution in [2.45, 2.75) is 6.10 Å². The van der Waals surface area contributed by atoms with Crippen molar-refractivity contribution >= 4 is 23.3 Å². The number of nitrogens with zero attached hydrogens (tertiary/aromatic N) is 1. The molecule has 10 heteroatoms. The van der Waals surface area contributed by atoms with Crippen molar-refractivity contribution in [2.24, 2.45) is 0 Å². The van der Waals surface area contributed by atoms with Gasteiger partial charge in [-0.3, -0.25) is 14.9 Å². The molecule has 1 aliphatic heterocycles. The SMILES string of the molecule is O=C(COC(=O)[C@@H]1COc2ccccc2O1)Nc1ccc(F)cc1[N+](=O)[O-]. The Kier molecular flexibility index (Phi) is 5.15. The number of rotatable bonds is 5. The molecule has 0 aliphatic carbocycles. The highest BCUT2D eigenvalue weighted by atomic mass is 19.1. The number of anilines is 1. The number of esters is 1. The molecule has 0 unspecified atom stereocenters. The Balaban J connectivity index is 1.56. The smallest absolute Gasteiger partial charge is 0.351 e. The minimum absolute atomic E-state index is 0.0824. The molecule has 0 aromatic heterocycles. The number of nitro groups is 1. The Bertz CT molecular complexity index is 903. The van der Waals surface area contributed by atoms with Crippen LogP contribution in [0.1, 0.15) is 0 Å². The van der Waals surface area contributed by atoms with Gasteiger partial charge in [-0.05, 0) is 24.3 Å². The minimum Gasteiger partial charge on any atom is -0.485 e. The van der Waals surface area contributed by atoms with Gasteiger partial charge in [0, 0.05) is 0 Å². The number of nitrogens with one attached hydrogen (secondary N) is 1. The van der Waals surface area contributed by atoms with Crippen molar-refractivity contribution in [1.82, 2.24) is 0 Å². The lowest BCUT2D eigenvalue weighted by atomic mass is 10.2. The van der Waals surface area contributed by atoms with E-state index in [4.69, 9.17) is 14.2 Å². The summed E-state index contributed by atoms with van der Waals surface area (Å²) in [4.78, 5) is 34.0. The number of hydrogen-bond acceptors (Lipinski definition) is 7. The van der Waals surface area contributed by atoms with Crippen LogP contribution in [0.2, 0.25) is 0 Å². The number of carbonyl (C=O) groups excluding carboxylic acids is 2. The Morgan fingerprint density at radius 3 is 2.74 bits per heavy atom. The van der Waals surface area contributed by atoms with Gasteiger partial charge in [-0.2, -0.15) is 0 Å². The maximum absolute atomic E-state index is 13.1. The van der Waals surface area contributed by atoms with Gasteiger partial charge in [0.15, 0.2) is 18.1 Å². The van der Waals surface area contributed by atoms with Crippen LogP contribution in [0.5, 0.6) is 11.5 Å². The fourth-order valence-corrected chi connectivity index (χ4v) is 2.31. The van der Waals surface area contributed by atoms with Crippen molar-refractivity contribution in [3.8, 4) is 11.5 Å². The maximum Gasteiger partial charge on any atom is 0.351 e. The van der Waals surface area contributed by atoms with Gasteiger partial charge in [0.05, 0.1) is 11.0 Å². The average molecular weight is 376 g/mol. The number of amides is 1. The van der Waals surface area contributed by atoms with E-state index in [1.807, 2.05) is 0 Å². The van der Waals surface area contributed by atoms with Crippen LogP contribution in [0.15, 0.2) is 42.5 Å². The standard InChI is InChI=1S/C17H13FN2O7/c18-10-5-6-11(12(7-10)20(23)24)19-16(21)9-26-17(22)15-8-25-13-3-1-2-4-14(13)27-15/h1-7,15H,8-9H2,(H,19,21)/t15-/m0/s1. The van der Waals surface area contributed by atoms with Crippen molar-refractivity contribution in [2.75, 3.05) is 18.5 Å². The molecule has 27 heavy (non-hydrogen) atoms. The largest absolute Gasteiger partial charge is 0.485 e. The van der Waals surface area contributed by atoms with Gasteiger partial charge < -0.3 is 19.5 Å². The minimum atomic E-state index is -1.05. The van der Waals surface area contributed by atoms with Gasteiger partial charge in [0.25, 0.3) is 11.6 Å². The van der Waals surface area contributed by atoms with E-state index in [0.717, 1.165) is 12.1 Å². The summed E-state index contributed by atoms with van der Waals surface area (Å²) in [6.07, 6.45) is -1.05. The van der Waals surface area contributed by atoms with E-state index < -0.39 is 41.0 Å². The van der Waals surface area contributed by atoms with Gasteiger partial charge in [0.1, 0.15) is 18.1 Å². The monoisotopic (exact) mass is 376 g/mol. The molecule has 0 fully saturated rings. The first kappa shape index (κ1) is 18.1. The number of hydrogen-bond donors (Lipinski definition) is 1. The molecule has 0 saturated heterocycles. The molecule has 3 rings (SSSR count). The molecule has 2 aromatic rings. The second-order valence-corrected chi connectivity index (χ2v) is 5.44. The summed E-state index contributed by atoms with van der Waals surface area (Å²) in [6.45, 7) is -0.782. The Labute approximate surface area is 151 Å². The predicted molar refractivity (Wildman–Crippen MR) is 89.0 cm³/mol. The van der Waals surface area contributed by atoms with E-state index in [0.29, 0.717) is 17.6 Å². The lowest BCUT2D eigenvalue weighted by Gasteiger charge is -2.24. The van der Waals surface area contributed by atoms with E-state index in [9.17, 15) is 24.1 Å². The molecule has 0 radical (unpaired) electrons. The molecule has 0 saturated carbocycles. The topological polar surface area (TPSA) is 117 Å². The van der Waals surface area contributed by atoms with Crippen LogP contribution >= 0.6 is 0 Å². The van der Waals surface area contributed by atoms with Crippen molar-refractivity contribution in [1.29, 1.82) is 0 Å². The van der Waals surface area contributed by atoms with Crippen molar-refractivity contribution in [3.63, 3.8) is 0 Å². The highest BCUT2D eigenvalue weighted by Crippen LogP contribution is 2.31. The molecule has 140 valence electrons. The first-order valence-electron chi connectivity index (χ1n) is 7.73. The Morgan fingerprint density at radius 2 is 2.00 bits per heavy atom. The van der Waals surface area contributed by atoms with Crippen LogP contribution in [0.4, 0.5) is 15.8 Å². The fraction of sp³-hybridized carbons (Fsp3) is 0.176. The van der Waals surface area contributed by atoms with E-state index in [2.05, 4.69) is 5.32 Å². The van der Waals surface area contributed by atoms with Crippen LogP contribution in [0.25, 0.3) is 0 Å².